The molecule has 20 heavy (non-hydrogen) atoms. The second kappa shape index (κ2) is 5.46. The predicted molar refractivity (Wildman–Crippen MR) is 85.9 cm³/mol. The van der Waals surface area contributed by atoms with Crippen LogP contribution in [0.3, 0.4) is 0 Å². The number of aryl methyl sites for hydroxylation is 1. The summed E-state index contributed by atoms with van der Waals surface area (Å²) < 4.78 is 2.07. The van der Waals surface area contributed by atoms with E-state index in [1.165, 1.54) is 11.1 Å². The van der Waals surface area contributed by atoms with E-state index in [-0.39, 0.29) is 0 Å². The Balaban J connectivity index is 1.94. The third-order valence-electron chi connectivity index (χ3n) is 3.50. The molecule has 0 bridgehead atoms. The fraction of sp³-hybridized carbons (Fsp3) is 0.267. The van der Waals surface area contributed by atoms with Crippen LogP contribution in [0.25, 0.3) is 4.96 Å². The molecular formula is C15H16ClN3S. The lowest BCUT2D eigenvalue weighted by Gasteiger charge is -2.19. The minimum absolute atomic E-state index is 0.464. The fourth-order valence-electron chi connectivity index (χ4n) is 2.37. The Morgan fingerprint density at radius 2 is 2.15 bits per heavy atom. The van der Waals surface area contributed by atoms with E-state index in [0.717, 1.165) is 23.0 Å². The Morgan fingerprint density at radius 3 is 2.90 bits per heavy atom. The standard InChI is InChI=1S/C15H16ClN3S/c1-11-5-3-4-6-12(11)10-18(2)14-13(9-16)19-7-8-20-15(19)17-14/h3-8H,9-10H2,1-2H3. The molecule has 104 valence electrons. The summed E-state index contributed by atoms with van der Waals surface area (Å²) in [5.74, 6) is 1.43. The lowest BCUT2D eigenvalue weighted by molar-refractivity contribution is 0.887. The Kier molecular flexibility index (Phi) is 3.68. The van der Waals surface area contributed by atoms with Crippen LogP contribution in [0, 0.1) is 6.92 Å². The summed E-state index contributed by atoms with van der Waals surface area (Å²) in [4.78, 5) is 7.85. The number of anilines is 1. The van der Waals surface area contributed by atoms with Gasteiger partial charge in [0.1, 0.15) is 0 Å². The molecule has 0 N–H and O–H groups in total. The SMILES string of the molecule is Cc1ccccc1CN(C)c1nc2sccn2c1CCl. The number of nitrogens with zero attached hydrogens (tertiary/aromatic N) is 3. The molecule has 0 radical (unpaired) electrons. The van der Waals surface area contributed by atoms with Crippen molar-refractivity contribution in [2.75, 3.05) is 11.9 Å². The Morgan fingerprint density at radius 1 is 1.35 bits per heavy atom. The molecule has 0 amide bonds. The minimum atomic E-state index is 0.464. The molecule has 3 rings (SSSR count). The van der Waals surface area contributed by atoms with E-state index < -0.39 is 0 Å². The van der Waals surface area contributed by atoms with E-state index in [2.05, 4.69) is 47.5 Å². The molecule has 0 aliphatic carbocycles. The maximum Gasteiger partial charge on any atom is 0.195 e. The minimum Gasteiger partial charge on any atom is -0.354 e. The van der Waals surface area contributed by atoms with Crippen molar-refractivity contribution in [3.63, 3.8) is 0 Å². The van der Waals surface area contributed by atoms with Gasteiger partial charge >= 0.3 is 0 Å². The van der Waals surface area contributed by atoms with Gasteiger partial charge in [-0.05, 0) is 18.1 Å². The number of thiazole rings is 1. The van der Waals surface area contributed by atoms with Crippen LogP contribution < -0.4 is 4.90 Å². The molecule has 3 nitrogen and oxygen atoms in total. The molecule has 1 aromatic carbocycles. The largest absolute Gasteiger partial charge is 0.354 e. The molecule has 2 heterocycles. The molecule has 3 aromatic rings. The molecule has 0 spiro atoms. The van der Waals surface area contributed by atoms with Crippen molar-refractivity contribution in [3.05, 3.63) is 52.7 Å². The molecule has 0 saturated heterocycles. The zero-order chi connectivity index (χ0) is 14.1. The van der Waals surface area contributed by atoms with Crippen LogP contribution in [0.2, 0.25) is 0 Å². The summed E-state index contributed by atoms with van der Waals surface area (Å²) in [7, 11) is 2.06. The van der Waals surface area contributed by atoms with Crippen LogP contribution >= 0.6 is 22.9 Å². The van der Waals surface area contributed by atoms with E-state index in [1.807, 2.05) is 11.6 Å². The quantitative estimate of drug-likeness (QED) is 0.677. The van der Waals surface area contributed by atoms with Crippen molar-refractivity contribution >= 4 is 33.7 Å². The number of aromatic nitrogens is 2. The third-order valence-corrected chi connectivity index (χ3v) is 4.51. The van der Waals surface area contributed by atoms with Crippen LogP contribution in [-0.4, -0.2) is 16.4 Å². The van der Waals surface area contributed by atoms with E-state index in [9.17, 15) is 0 Å². The Bertz CT molecular complexity index is 732. The number of hydrogen-bond donors (Lipinski definition) is 0. The van der Waals surface area contributed by atoms with Gasteiger partial charge in [0.2, 0.25) is 0 Å². The Hall–Kier alpha value is -1.52. The van der Waals surface area contributed by atoms with E-state index in [0.29, 0.717) is 5.88 Å². The molecule has 0 unspecified atom stereocenters. The van der Waals surface area contributed by atoms with Crippen molar-refractivity contribution in [2.45, 2.75) is 19.3 Å². The molecule has 0 saturated carbocycles. The van der Waals surface area contributed by atoms with Gasteiger partial charge in [-0.25, -0.2) is 4.98 Å². The number of rotatable bonds is 4. The van der Waals surface area contributed by atoms with Gasteiger partial charge in [0, 0.05) is 25.2 Å². The number of imidazole rings is 1. The van der Waals surface area contributed by atoms with Crippen LogP contribution in [-0.2, 0) is 12.4 Å². The van der Waals surface area contributed by atoms with Crippen molar-refractivity contribution < 1.29 is 0 Å². The normalized spacial score (nSPS) is 11.2. The molecule has 0 fully saturated rings. The summed E-state index contributed by atoms with van der Waals surface area (Å²) in [5.41, 5.74) is 3.67. The van der Waals surface area contributed by atoms with Crippen LogP contribution in [0.5, 0.6) is 0 Å². The van der Waals surface area contributed by atoms with E-state index in [4.69, 9.17) is 16.6 Å². The summed E-state index contributed by atoms with van der Waals surface area (Å²) in [6, 6.07) is 8.43. The summed E-state index contributed by atoms with van der Waals surface area (Å²) >= 11 is 7.74. The molecular weight excluding hydrogens is 290 g/mol. The summed E-state index contributed by atoms with van der Waals surface area (Å²) in [6.45, 7) is 2.97. The lowest BCUT2D eigenvalue weighted by Crippen LogP contribution is -2.18. The van der Waals surface area contributed by atoms with Gasteiger partial charge in [-0.1, -0.05) is 24.3 Å². The first-order valence-corrected chi connectivity index (χ1v) is 7.88. The summed E-state index contributed by atoms with van der Waals surface area (Å²) in [6.07, 6.45) is 2.02. The maximum atomic E-state index is 6.10. The van der Waals surface area contributed by atoms with Gasteiger partial charge < -0.3 is 4.90 Å². The van der Waals surface area contributed by atoms with Crippen molar-refractivity contribution in [2.24, 2.45) is 0 Å². The smallest absolute Gasteiger partial charge is 0.195 e. The first-order chi connectivity index (χ1) is 9.70. The van der Waals surface area contributed by atoms with Crippen LogP contribution in [0.15, 0.2) is 35.8 Å². The summed E-state index contributed by atoms with van der Waals surface area (Å²) in [5, 5.41) is 2.03. The number of halogens is 1. The Labute approximate surface area is 127 Å². The first-order valence-electron chi connectivity index (χ1n) is 6.46. The van der Waals surface area contributed by atoms with Gasteiger partial charge in [0.25, 0.3) is 0 Å². The van der Waals surface area contributed by atoms with Gasteiger partial charge in [0.15, 0.2) is 10.8 Å². The zero-order valence-electron chi connectivity index (χ0n) is 11.5. The lowest BCUT2D eigenvalue weighted by atomic mass is 10.1. The second-order valence-electron chi connectivity index (χ2n) is 4.85. The van der Waals surface area contributed by atoms with Gasteiger partial charge in [0.05, 0.1) is 11.6 Å². The predicted octanol–water partition coefficient (Wildman–Crippen LogP) is 4.08. The van der Waals surface area contributed by atoms with Crippen molar-refractivity contribution in [1.29, 1.82) is 0 Å². The molecule has 5 heteroatoms. The molecule has 2 aromatic heterocycles. The number of benzene rings is 1. The van der Waals surface area contributed by atoms with Gasteiger partial charge in [-0.15, -0.1) is 22.9 Å². The number of hydrogen-bond acceptors (Lipinski definition) is 3. The van der Waals surface area contributed by atoms with Crippen molar-refractivity contribution in [3.8, 4) is 0 Å². The highest BCUT2D eigenvalue weighted by Crippen LogP contribution is 2.26. The van der Waals surface area contributed by atoms with Crippen LogP contribution in [0.1, 0.15) is 16.8 Å². The first kappa shape index (κ1) is 13.5. The van der Waals surface area contributed by atoms with Gasteiger partial charge in [-0.3, -0.25) is 4.40 Å². The highest BCUT2D eigenvalue weighted by atomic mass is 35.5. The molecule has 0 aliphatic heterocycles. The molecule has 0 aliphatic rings. The zero-order valence-corrected chi connectivity index (χ0v) is 13.1. The number of fused-ring (bicyclic) bond motifs is 1. The number of alkyl halides is 1. The monoisotopic (exact) mass is 305 g/mol. The average Bonchev–Trinajstić information content (AvgIpc) is 3.01. The second-order valence-corrected chi connectivity index (χ2v) is 5.99. The van der Waals surface area contributed by atoms with Crippen LogP contribution in [0.4, 0.5) is 5.82 Å². The van der Waals surface area contributed by atoms with E-state index in [1.54, 1.807) is 11.3 Å². The highest BCUT2D eigenvalue weighted by Gasteiger charge is 2.16. The third kappa shape index (κ3) is 2.30. The van der Waals surface area contributed by atoms with E-state index >= 15 is 0 Å². The molecule has 0 atom stereocenters. The fourth-order valence-corrected chi connectivity index (χ4v) is 3.35. The average molecular weight is 306 g/mol. The van der Waals surface area contributed by atoms with Crippen molar-refractivity contribution in [1.82, 2.24) is 9.38 Å². The highest BCUT2D eigenvalue weighted by molar-refractivity contribution is 7.15. The topological polar surface area (TPSA) is 20.5 Å². The maximum absolute atomic E-state index is 6.10. The van der Waals surface area contributed by atoms with Gasteiger partial charge in [-0.2, -0.15) is 0 Å².